The summed E-state index contributed by atoms with van der Waals surface area (Å²) in [6, 6.07) is 15.3. The predicted molar refractivity (Wildman–Crippen MR) is 114 cm³/mol. The summed E-state index contributed by atoms with van der Waals surface area (Å²) in [5.41, 5.74) is 7.28. The molecule has 0 atom stereocenters. The molecule has 7 heteroatoms. The van der Waals surface area contributed by atoms with Gasteiger partial charge >= 0.3 is 0 Å². The van der Waals surface area contributed by atoms with E-state index in [4.69, 9.17) is 0 Å². The maximum atomic E-state index is 13.2. The average Bonchev–Trinajstić information content (AvgIpc) is 3.17. The molecule has 0 bridgehead atoms. The highest BCUT2D eigenvalue weighted by atomic mass is 32.2. The molecule has 1 aromatic heterocycles. The van der Waals surface area contributed by atoms with Gasteiger partial charge in [0.1, 0.15) is 11.5 Å². The van der Waals surface area contributed by atoms with Crippen LogP contribution in [-0.4, -0.2) is 22.9 Å². The number of halogens is 1. The minimum Gasteiger partial charge on any atom is -0.349 e. The maximum Gasteiger partial charge on any atom is 0.272 e. The molecule has 28 heavy (non-hydrogen) atoms. The van der Waals surface area contributed by atoms with Crippen molar-refractivity contribution in [1.29, 1.82) is 0 Å². The van der Waals surface area contributed by atoms with E-state index in [0.717, 1.165) is 16.9 Å². The number of aromatic nitrogens is 1. The molecule has 0 saturated heterocycles. The number of benzene rings is 2. The first-order valence-electron chi connectivity index (χ1n) is 8.67. The van der Waals surface area contributed by atoms with Crippen LogP contribution in [0.2, 0.25) is 0 Å². The molecule has 0 aliphatic rings. The fraction of sp³-hybridized carbons (Fsp3) is 0.143. The van der Waals surface area contributed by atoms with Crippen molar-refractivity contribution in [2.45, 2.75) is 18.7 Å². The molecule has 0 fully saturated rings. The van der Waals surface area contributed by atoms with Gasteiger partial charge in [0.05, 0.1) is 17.1 Å². The lowest BCUT2D eigenvalue weighted by Gasteiger charge is -2.07. The smallest absolute Gasteiger partial charge is 0.272 e. The summed E-state index contributed by atoms with van der Waals surface area (Å²) < 4.78 is 13.2. The number of amides is 1. The van der Waals surface area contributed by atoms with Crippen molar-refractivity contribution in [3.8, 4) is 0 Å². The maximum absolute atomic E-state index is 13.2. The predicted octanol–water partition coefficient (Wildman–Crippen LogP) is 5.27. The van der Waals surface area contributed by atoms with Crippen molar-refractivity contribution >= 4 is 34.8 Å². The van der Waals surface area contributed by atoms with Gasteiger partial charge in [0.15, 0.2) is 0 Å². The van der Waals surface area contributed by atoms with E-state index in [-0.39, 0.29) is 5.91 Å². The van der Waals surface area contributed by atoms with Gasteiger partial charge in [0.25, 0.3) is 5.91 Å². The van der Waals surface area contributed by atoms with Gasteiger partial charge < -0.3 is 10.3 Å². The van der Waals surface area contributed by atoms with E-state index >= 15 is 0 Å². The van der Waals surface area contributed by atoms with Crippen molar-refractivity contribution in [1.82, 2.24) is 4.98 Å². The zero-order chi connectivity index (χ0) is 20.1. The number of carbonyl (C=O) groups is 1. The molecule has 0 radical (unpaired) electrons. The Morgan fingerprint density at radius 2 is 1.89 bits per heavy atom. The number of nitrogens with zero attached hydrogens (tertiary/aromatic N) is 1. The van der Waals surface area contributed by atoms with Gasteiger partial charge in [-0.25, -0.2) is 4.39 Å². The molecule has 144 valence electrons. The lowest BCUT2D eigenvalue weighted by Crippen LogP contribution is -2.13. The third-order valence-corrected chi connectivity index (χ3v) is 4.91. The molecule has 0 aliphatic heterocycles. The molecule has 2 aromatic carbocycles. The van der Waals surface area contributed by atoms with E-state index in [1.807, 2.05) is 32.2 Å². The first kappa shape index (κ1) is 19.7. The molecular formula is C21H21FN4OS. The summed E-state index contributed by atoms with van der Waals surface area (Å²) in [5, 5.41) is 7.06. The zero-order valence-electron chi connectivity index (χ0n) is 15.8. The summed E-state index contributed by atoms with van der Waals surface area (Å²) in [6.45, 7) is 3.87. The average molecular weight is 396 g/mol. The molecule has 3 rings (SSSR count). The van der Waals surface area contributed by atoms with Gasteiger partial charge in [0, 0.05) is 10.6 Å². The normalized spacial score (nSPS) is 11.4. The summed E-state index contributed by atoms with van der Waals surface area (Å²) >= 11 is 1.69. The number of nitrogens with one attached hydrogen (secondary N) is 3. The van der Waals surface area contributed by atoms with Crippen LogP contribution >= 0.6 is 11.8 Å². The Bertz CT molecular complexity index is 1030. The number of hydrogen-bond donors (Lipinski definition) is 3. The van der Waals surface area contributed by atoms with Crippen LogP contribution < -0.4 is 10.7 Å². The Morgan fingerprint density at radius 3 is 2.61 bits per heavy atom. The van der Waals surface area contributed by atoms with Gasteiger partial charge in [-0.1, -0.05) is 6.07 Å². The number of aryl methyl sites for hydroxylation is 1. The molecule has 1 amide bonds. The number of aromatic amines is 1. The van der Waals surface area contributed by atoms with Crippen molar-refractivity contribution in [3.63, 3.8) is 0 Å². The van der Waals surface area contributed by atoms with Crippen LogP contribution in [0.5, 0.6) is 0 Å². The fourth-order valence-corrected chi connectivity index (χ4v) is 3.09. The van der Waals surface area contributed by atoms with Crippen LogP contribution in [0.25, 0.3) is 0 Å². The van der Waals surface area contributed by atoms with Gasteiger partial charge in [-0.2, -0.15) is 5.10 Å². The Hall–Kier alpha value is -3.06. The third-order valence-electron chi connectivity index (χ3n) is 4.18. The topological polar surface area (TPSA) is 69.3 Å². The third kappa shape index (κ3) is 4.80. The van der Waals surface area contributed by atoms with Crippen molar-refractivity contribution in [2.24, 2.45) is 5.10 Å². The summed E-state index contributed by atoms with van der Waals surface area (Å²) in [5.74, 6) is -0.749. The van der Waals surface area contributed by atoms with Crippen molar-refractivity contribution in [3.05, 3.63) is 77.4 Å². The Morgan fingerprint density at radius 1 is 1.11 bits per heavy atom. The van der Waals surface area contributed by atoms with Crippen molar-refractivity contribution < 1.29 is 9.18 Å². The SMILES string of the molecule is CSc1ccc(N/N=C(\C)c2ccc(C(=O)Nc3cccc(F)c3)[nH]2)c(C)c1. The van der Waals surface area contributed by atoms with Crippen LogP contribution in [0.1, 0.15) is 28.7 Å². The molecular weight excluding hydrogens is 375 g/mol. The van der Waals surface area contributed by atoms with E-state index in [9.17, 15) is 9.18 Å². The van der Waals surface area contributed by atoms with Gasteiger partial charge in [-0.15, -0.1) is 11.8 Å². The molecule has 0 spiro atoms. The number of carbonyl (C=O) groups excluding carboxylic acids is 1. The largest absolute Gasteiger partial charge is 0.349 e. The van der Waals surface area contributed by atoms with Crippen LogP contribution in [0.15, 0.2) is 64.6 Å². The number of anilines is 2. The van der Waals surface area contributed by atoms with Gasteiger partial charge in [-0.05, 0) is 74.2 Å². The second-order valence-corrected chi connectivity index (χ2v) is 7.12. The fourth-order valence-electron chi connectivity index (χ4n) is 2.60. The highest BCUT2D eigenvalue weighted by Gasteiger charge is 2.10. The monoisotopic (exact) mass is 396 g/mol. The zero-order valence-corrected chi connectivity index (χ0v) is 16.7. The van der Waals surface area contributed by atoms with Crippen LogP contribution in [-0.2, 0) is 0 Å². The quantitative estimate of drug-likeness (QED) is 0.302. The van der Waals surface area contributed by atoms with Crippen LogP contribution in [0.3, 0.4) is 0 Å². The number of thioether (sulfide) groups is 1. The van der Waals surface area contributed by atoms with E-state index in [2.05, 4.69) is 26.9 Å². The molecule has 5 nitrogen and oxygen atoms in total. The lowest BCUT2D eigenvalue weighted by molar-refractivity contribution is 0.102. The van der Waals surface area contributed by atoms with Crippen molar-refractivity contribution in [2.75, 3.05) is 17.0 Å². The number of rotatable bonds is 6. The first-order valence-corrected chi connectivity index (χ1v) is 9.90. The Kier molecular flexibility index (Phi) is 6.16. The second-order valence-electron chi connectivity index (χ2n) is 6.24. The summed E-state index contributed by atoms with van der Waals surface area (Å²) in [4.78, 5) is 16.6. The van der Waals surface area contributed by atoms with E-state index in [1.165, 1.54) is 17.0 Å². The molecule has 0 unspecified atom stereocenters. The minimum atomic E-state index is -0.403. The van der Waals surface area contributed by atoms with E-state index in [1.54, 1.807) is 36.0 Å². The summed E-state index contributed by atoms with van der Waals surface area (Å²) in [7, 11) is 0. The van der Waals surface area contributed by atoms with Gasteiger partial charge in [-0.3, -0.25) is 10.2 Å². The van der Waals surface area contributed by atoms with E-state index < -0.39 is 5.82 Å². The highest BCUT2D eigenvalue weighted by Crippen LogP contribution is 2.22. The molecule has 1 heterocycles. The minimum absolute atomic E-state index is 0.346. The van der Waals surface area contributed by atoms with E-state index in [0.29, 0.717) is 17.1 Å². The van der Waals surface area contributed by atoms with Crippen LogP contribution in [0, 0.1) is 12.7 Å². The lowest BCUT2D eigenvalue weighted by atomic mass is 10.2. The number of hydrogen-bond acceptors (Lipinski definition) is 4. The number of hydrazone groups is 1. The highest BCUT2D eigenvalue weighted by molar-refractivity contribution is 7.98. The molecule has 0 aliphatic carbocycles. The first-order chi connectivity index (χ1) is 13.5. The second kappa shape index (κ2) is 8.75. The molecule has 3 aromatic rings. The standard InChI is InChI=1S/C21H21FN4OS/c1-13-11-17(28-3)7-8-18(13)26-25-14(2)19-9-10-20(24-19)21(27)23-16-6-4-5-15(22)12-16/h4-12,24,26H,1-3H3,(H,23,27)/b25-14+. The van der Waals surface area contributed by atoms with Crippen LogP contribution in [0.4, 0.5) is 15.8 Å². The Labute approximate surface area is 167 Å². The Balaban J connectivity index is 1.68. The number of H-pyrrole nitrogens is 1. The molecule has 3 N–H and O–H groups in total. The molecule has 0 saturated carbocycles. The summed E-state index contributed by atoms with van der Waals surface area (Å²) in [6.07, 6.45) is 2.04. The van der Waals surface area contributed by atoms with Gasteiger partial charge in [0.2, 0.25) is 0 Å².